The lowest BCUT2D eigenvalue weighted by Gasteiger charge is -2.40. The van der Waals surface area contributed by atoms with E-state index in [1.165, 1.54) is 11.3 Å². The fourth-order valence-electron chi connectivity index (χ4n) is 3.30. The first-order chi connectivity index (χ1) is 13.1. The van der Waals surface area contributed by atoms with Crippen LogP contribution in [0.5, 0.6) is 0 Å². The van der Waals surface area contributed by atoms with Gasteiger partial charge in [-0.2, -0.15) is 0 Å². The number of hydrogen-bond donors (Lipinski definition) is 0. The van der Waals surface area contributed by atoms with Crippen LogP contribution in [-0.4, -0.2) is 61.9 Å². The smallest absolute Gasteiger partial charge is 0.357 e. The van der Waals surface area contributed by atoms with Crippen molar-refractivity contribution in [2.75, 3.05) is 18.9 Å². The van der Waals surface area contributed by atoms with E-state index in [1.807, 2.05) is 4.90 Å². The molecule has 1 fully saturated rings. The molecule has 1 aliphatic rings. The van der Waals surface area contributed by atoms with Crippen LogP contribution in [0.3, 0.4) is 0 Å². The van der Waals surface area contributed by atoms with Crippen molar-refractivity contribution in [2.24, 2.45) is 5.41 Å². The second kappa shape index (κ2) is 10.2. The molecule has 0 aromatic carbocycles. The van der Waals surface area contributed by atoms with Gasteiger partial charge in [-0.05, 0) is 31.9 Å². The number of carbonyl (C=O) groups excluding carboxylic acids is 2. The number of ether oxygens (including phenoxy) is 1. The number of thioether (sulfide) groups is 1. The van der Waals surface area contributed by atoms with E-state index in [2.05, 4.69) is 38.8 Å². The Balaban J connectivity index is 1.97. The first kappa shape index (κ1) is 23.4. The van der Waals surface area contributed by atoms with Gasteiger partial charge in [-0.25, -0.2) is 9.78 Å². The maximum Gasteiger partial charge on any atom is 0.357 e. The topological polar surface area (TPSA) is 68.7 Å². The highest BCUT2D eigenvalue weighted by atomic mass is 32.2. The molecule has 1 unspecified atom stereocenters. The molecule has 0 N–H and O–H groups in total. The van der Waals surface area contributed by atoms with Crippen LogP contribution in [0.1, 0.15) is 51.0 Å². The first-order valence-electron chi connectivity index (χ1n) is 9.65. The number of esters is 1. The largest absolute Gasteiger partial charge is 0.461 e. The maximum absolute atomic E-state index is 12.5. The monoisotopic (exact) mass is 443 g/mol. The van der Waals surface area contributed by atoms with Gasteiger partial charge in [-0.15, -0.1) is 11.3 Å². The molecule has 0 saturated carbocycles. The van der Waals surface area contributed by atoms with Gasteiger partial charge in [0.1, 0.15) is 0 Å². The summed E-state index contributed by atoms with van der Waals surface area (Å²) in [5, 5.41) is 1.72. The van der Waals surface area contributed by atoms with Crippen LogP contribution in [0.25, 0.3) is 0 Å². The van der Waals surface area contributed by atoms with Gasteiger partial charge in [-0.3, -0.25) is 4.79 Å². The number of rotatable bonds is 9. The molecular formula is C19H31N2O4S2Si. The molecule has 0 spiro atoms. The average molecular weight is 444 g/mol. The molecule has 1 amide bonds. The number of carbonyl (C=O) groups is 2. The van der Waals surface area contributed by atoms with Gasteiger partial charge in [0.05, 0.1) is 18.8 Å². The second-order valence-corrected chi connectivity index (χ2v) is 12.3. The van der Waals surface area contributed by atoms with E-state index in [0.717, 1.165) is 16.5 Å². The van der Waals surface area contributed by atoms with E-state index in [9.17, 15) is 9.59 Å². The van der Waals surface area contributed by atoms with Gasteiger partial charge in [0, 0.05) is 24.1 Å². The van der Waals surface area contributed by atoms with Gasteiger partial charge in [-0.1, -0.05) is 32.5 Å². The lowest BCUT2D eigenvalue weighted by molar-refractivity contribution is -0.130. The van der Waals surface area contributed by atoms with Crippen molar-refractivity contribution < 1.29 is 18.8 Å². The Labute approximate surface area is 178 Å². The van der Waals surface area contributed by atoms with Crippen molar-refractivity contribution >= 4 is 44.0 Å². The number of likely N-dealkylation sites (tertiary alicyclic amines) is 1. The number of nitrogens with zero attached hydrogens (tertiary/aromatic N) is 2. The molecule has 1 saturated heterocycles. The number of thiazole rings is 1. The molecule has 2 rings (SSSR count). The van der Waals surface area contributed by atoms with Crippen LogP contribution in [0, 0.1) is 5.41 Å². The van der Waals surface area contributed by atoms with Crippen molar-refractivity contribution in [1.82, 2.24) is 9.88 Å². The molecule has 1 radical (unpaired) electrons. The summed E-state index contributed by atoms with van der Waals surface area (Å²) in [5.41, 5.74) is 0.332. The first-order valence-corrected chi connectivity index (χ1v) is 13.9. The van der Waals surface area contributed by atoms with Crippen molar-refractivity contribution in [1.29, 1.82) is 0 Å². The van der Waals surface area contributed by atoms with Crippen LogP contribution in [-0.2, 0) is 14.0 Å². The van der Waals surface area contributed by atoms with Crippen molar-refractivity contribution in [3.63, 3.8) is 0 Å². The van der Waals surface area contributed by atoms with Gasteiger partial charge in [0.15, 0.2) is 10.0 Å². The Hall–Kier alpha value is -0.903. The predicted octanol–water partition coefficient (Wildman–Crippen LogP) is 4.09. The van der Waals surface area contributed by atoms with Crippen LogP contribution >= 0.6 is 23.1 Å². The summed E-state index contributed by atoms with van der Waals surface area (Å²) >= 11 is 3.01. The van der Waals surface area contributed by atoms with Gasteiger partial charge in [0.2, 0.25) is 14.9 Å². The summed E-state index contributed by atoms with van der Waals surface area (Å²) in [6.07, 6.45) is 1.48. The molecule has 0 aliphatic carbocycles. The van der Waals surface area contributed by atoms with Crippen molar-refractivity contribution in [3.05, 3.63) is 11.1 Å². The summed E-state index contributed by atoms with van der Waals surface area (Å²) in [6.45, 7) is 13.6. The summed E-state index contributed by atoms with van der Waals surface area (Å²) in [6, 6.07) is 0.124. The summed E-state index contributed by atoms with van der Waals surface area (Å²) < 4.78 is 12.1. The number of aromatic nitrogens is 1. The maximum atomic E-state index is 12.5. The molecule has 0 bridgehead atoms. The van der Waals surface area contributed by atoms with E-state index in [-0.39, 0.29) is 29.4 Å². The molecule has 2 atom stereocenters. The third kappa shape index (κ3) is 6.30. The third-order valence-electron chi connectivity index (χ3n) is 4.47. The molecule has 6 nitrogen and oxygen atoms in total. The highest BCUT2D eigenvalue weighted by Gasteiger charge is 2.42. The van der Waals surface area contributed by atoms with Gasteiger partial charge in [0.25, 0.3) is 0 Å². The van der Waals surface area contributed by atoms with E-state index >= 15 is 0 Å². The molecule has 9 heteroatoms. The normalized spacial score (nSPS) is 18.8. The van der Waals surface area contributed by atoms with Gasteiger partial charge >= 0.3 is 5.97 Å². The lowest BCUT2D eigenvalue weighted by atomic mass is 9.84. The quantitative estimate of drug-likeness (QED) is 0.325. The second-order valence-electron chi connectivity index (χ2n) is 8.07. The van der Waals surface area contributed by atoms with Crippen LogP contribution in [0.2, 0.25) is 13.1 Å². The van der Waals surface area contributed by atoms with Crippen molar-refractivity contribution in [2.45, 2.75) is 70.1 Å². The fourth-order valence-corrected chi connectivity index (χ4v) is 6.12. The zero-order valence-corrected chi connectivity index (χ0v) is 20.2. The SMILES string of the molecule is CCOC(=O)c1csc(SCCN2C(=O)CC[C@@H]2C(O[Si](C)C)C(C)(C)C)n1. The number of hydrogen-bond acceptors (Lipinski definition) is 7. The molecule has 1 aliphatic heterocycles. The Kier molecular flexibility index (Phi) is 8.54. The molecule has 2 heterocycles. The lowest BCUT2D eigenvalue weighted by Crippen LogP contribution is -2.50. The number of amides is 1. The minimum absolute atomic E-state index is 0.0214. The Morgan fingerprint density at radius 3 is 2.79 bits per heavy atom. The Morgan fingerprint density at radius 2 is 2.18 bits per heavy atom. The standard InChI is InChI=1S/C19H31N2O4S2Si/c1-7-24-17(23)13-12-27-18(20-13)26-11-10-21-14(8-9-15(21)22)16(19(2,3)4)25-28(5)6/h12,14,16H,7-11H2,1-6H3/t14-,16?/m1/s1. The van der Waals surface area contributed by atoms with Crippen LogP contribution < -0.4 is 0 Å². The van der Waals surface area contributed by atoms with Crippen molar-refractivity contribution in [3.8, 4) is 0 Å². The molecule has 157 valence electrons. The summed E-state index contributed by atoms with van der Waals surface area (Å²) in [4.78, 5) is 30.6. The molecule has 1 aromatic heterocycles. The van der Waals surface area contributed by atoms with E-state index in [1.54, 1.807) is 24.1 Å². The van der Waals surface area contributed by atoms with Crippen LogP contribution in [0.4, 0.5) is 0 Å². The minimum Gasteiger partial charge on any atom is -0.461 e. The highest BCUT2D eigenvalue weighted by molar-refractivity contribution is 8.01. The van der Waals surface area contributed by atoms with E-state index in [0.29, 0.717) is 25.3 Å². The summed E-state index contributed by atoms with van der Waals surface area (Å²) in [5.74, 6) is 0.559. The summed E-state index contributed by atoms with van der Waals surface area (Å²) in [7, 11) is -0.861. The third-order valence-corrected chi connectivity index (χ3v) is 7.19. The zero-order chi connectivity index (χ0) is 20.9. The Morgan fingerprint density at radius 1 is 1.46 bits per heavy atom. The average Bonchev–Trinajstić information content (AvgIpc) is 3.20. The Bertz CT molecular complexity index is 675. The molecule has 28 heavy (non-hydrogen) atoms. The fraction of sp³-hybridized carbons (Fsp3) is 0.737. The minimum atomic E-state index is -0.861. The van der Waals surface area contributed by atoms with Gasteiger partial charge < -0.3 is 14.1 Å². The molecule has 1 aromatic rings. The van der Waals surface area contributed by atoms with Crippen LogP contribution in [0.15, 0.2) is 9.72 Å². The zero-order valence-electron chi connectivity index (χ0n) is 17.6. The van der Waals surface area contributed by atoms with E-state index in [4.69, 9.17) is 9.16 Å². The molecular weight excluding hydrogens is 412 g/mol. The highest BCUT2D eigenvalue weighted by Crippen LogP contribution is 2.34. The van der Waals surface area contributed by atoms with E-state index < -0.39 is 9.04 Å². The predicted molar refractivity (Wildman–Crippen MR) is 115 cm³/mol.